The number of aryl methyl sites for hydroxylation is 1. The molecule has 0 spiro atoms. The summed E-state index contributed by atoms with van der Waals surface area (Å²) in [5.74, 6) is 0. The molecule has 0 aliphatic rings. The van der Waals surface area contributed by atoms with E-state index in [0.29, 0.717) is 16.8 Å². The van der Waals surface area contributed by atoms with Crippen molar-refractivity contribution in [1.29, 1.82) is 0 Å². The van der Waals surface area contributed by atoms with Gasteiger partial charge in [0, 0.05) is 19.7 Å². The first-order valence-electron chi connectivity index (χ1n) is 5.63. The third-order valence-electron chi connectivity index (χ3n) is 2.84. The van der Waals surface area contributed by atoms with Gasteiger partial charge in [0.25, 0.3) is 5.69 Å². The first kappa shape index (κ1) is 14.4. The molecule has 1 atom stereocenters. The van der Waals surface area contributed by atoms with Crippen molar-refractivity contribution in [2.75, 3.05) is 25.1 Å². The lowest BCUT2D eigenvalue weighted by atomic mass is 10.0. The van der Waals surface area contributed by atoms with E-state index in [2.05, 4.69) is 0 Å². The molecule has 0 bridgehead atoms. The molecule has 18 heavy (non-hydrogen) atoms. The Labute approximate surface area is 105 Å². The van der Waals surface area contributed by atoms with E-state index in [0.717, 1.165) is 0 Å². The minimum Gasteiger partial charge on any atom is -0.395 e. The highest BCUT2D eigenvalue weighted by Gasteiger charge is 2.21. The number of halogens is 1. The van der Waals surface area contributed by atoms with Crippen molar-refractivity contribution in [3.8, 4) is 0 Å². The maximum atomic E-state index is 13.3. The summed E-state index contributed by atoms with van der Waals surface area (Å²) >= 11 is 0. The zero-order valence-electron chi connectivity index (χ0n) is 10.7. The van der Waals surface area contributed by atoms with Gasteiger partial charge in [-0.2, -0.15) is 0 Å². The maximum absolute atomic E-state index is 13.3. The first-order valence-corrected chi connectivity index (χ1v) is 5.63. The normalized spacial score (nSPS) is 12.3. The van der Waals surface area contributed by atoms with E-state index in [1.165, 1.54) is 13.0 Å². The van der Waals surface area contributed by atoms with Gasteiger partial charge in [-0.3, -0.25) is 10.1 Å². The monoisotopic (exact) mass is 256 g/mol. The second-order valence-electron chi connectivity index (χ2n) is 4.22. The molecule has 0 amide bonds. The minimum atomic E-state index is -1.25. The molecule has 1 rings (SSSR count). The van der Waals surface area contributed by atoms with Crippen LogP contribution in [0.15, 0.2) is 12.1 Å². The number of aliphatic hydroxyl groups excluding tert-OH is 1. The summed E-state index contributed by atoms with van der Waals surface area (Å²) in [6, 6.07) is 2.85. The third kappa shape index (κ3) is 2.95. The molecule has 0 saturated carbocycles. The van der Waals surface area contributed by atoms with E-state index < -0.39 is 11.1 Å². The third-order valence-corrected chi connectivity index (χ3v) is 2.84. The lowest BCUT2D eigenvalue weighted by Crippen LogP contribution is -2.22. The van der Waals surface area contributed by atoms with Gasteiger partial charge in [0.15, 0.2) is 0 Å². The van der Waals surface area contributed by atoms with Crippen molar-refractivity contribution in [2.45, 2.75) is 20.0 Å². The highest BCUT2D eigenvalue weighted by atomic mass is 19.1. The standard InChI is InChI=1S/C12H17FN2O3/c1-8-6-11(14(3)4-5-16)12(15(17)18)7-10(8)9(2)13/h6-7,9,16H,4-5H2,1-3H3. The molecule has 0 saturated heterocycles. The van der Waals surface area contributed by atoms with E-state index in [1.54, 1.807) is 24.9 Å². The van der Waals surface area contributed by atoms with E-state index >= 15 is 0 Å². The number of likely N-dealkylation sites (N-methyl/N-ethyl adjacent to an activating group) is 1. The van der Waals surface area contributed by atoms with Crippen LogP contribution in [0, 0.1) is 17.0 Å². The Morgan fingerprint density at radius 1 is 1.56 bits per heavy atom. The SMILES string of the molecule is Cc1cc(N(C)CCO)c([N+](=O)[O-])cc1C(C)F. The molecule has 6 heteroatoms. The number of benzene rings is 1. The number of nitro groups is 1. The predicted molar refractivity (Wildman–Crippen MR) is 67.7 cm³/mol. The Morgan fingerprint density at radius 2 is 2.17 bits per heavy atom. The molecular formula is C12H17FN2O3. The van der Waals surface area contributed by atoms with Gasteiger partial charge in [-0.15, -0.1) is 0 Å². The van der Waals surface area contributed by atoms with Gasteiger partial charge in [0.1, 0.15) is 11.9 Å². The summed E-state index contributed by atoms with van der Waals surface area (Å²) in [4.78, 5) is 12.1. The highest BCUT2D eigenvalue weighted by molar-refractivity contribution is 5.66. The van der Waals surface area contributed by atoms with E-state index in [-0.39, 0.29) is 18.8 Å². The highest BCUT2D eigenvalue weighted by Crippen LogP contribution is 2.34. The fraction of sp³-hybridized carbons (Fsp3) is 0.500. The van der Waals surface area contributed by atoms with Crippen LogP contribution in [0.4, 0.5) is 15.8 Å². The van der Waals surface area contributed by atoms with Gasteiger partial charge in [-0.05, 0) is 31.0 Å². The summed E-state index contributed by atoms with van der Waals surface area (Å²) in [7, 11) is 1.65. The minimum absolute atomic E-state index is 0.103. The molecule has 0 heterocycles. The summed E-state index contributed by atoms with van der Waals surface area (Å²) in [6.45, 7) is 3.24. The number of nitrogens with zero attached hydrogens (tertiary/aromatic N) is 2. The van der Waals surface area contributed by atoms with Gasteiger partial charge in [0.05, 0.1) is 11.5 Å². The average molecular weight is 256 g/mol. The topological polar surface area (TPSA) is 66.6 Å². The quantitative estimate of drug-likeness (QED) is 0.648. The van der Waals surface area contributed by atoms with E-state index in [1.807, 2.05) is 0 Å². The van der Waals surface area contributed by atoms with E-state index in [9.17, 15) is 14.5 Å². The molecule has 0 fully saturated rings. The number of rotatable bonds is 5. The largest absolute Gasteiger partial charge is 0.395 e. The molecule has 1 aromatic rings. The van der Waals surface area contributed by atoms with Gasteiger partial charge in [-0.1, -0.05) is 0 Å². The van der Waals surface area contributed by atoms with Crippen molar-refractivity contribution in [2.24, 2.45) is 0 Å². The number of alkyl halides is 1. The van der Waals surface area contributed by atoms with Crippen LogP contribution in [0.3, 0.4) is 0 Å². The van der Waals surface area contributed by atoms with Gasteiger partial charge >= 0.3 is 0 Å². The van der Waals surface area contributed by atoms with Crippen LogP contribution in [0.5, 0.6) is 0 Å². The van der Waals surface area contributed by atoms with Gasteiger partial charge in [-0.25, -0.2) is 4.39 Å². The fourth-order valence-electron chi connectivity index (χ4n) is 1.85. The lowest BCUT2D eigenvalue weighted by Gasteiger charge is -2.19. The Hall–Kier alpha value is -1.69. The zero-order valence-corrected chi connectivity index (χ0v) is 10.7. The first-order chi connectivity index (χ1) is 8.38. The number of hydrogen-bond donors (Lipinski definition) is 1. The lowest BCUT2D eigenvalue weighted by molar-refractivity contribution is -0.384. The van der Waals surface area contributed by atoms with Crippen molar-refractivity contribution < 1.29 is 14.4 Å². The second kappa shape index (κ2) is 5.77. The Bertz CT molecular complexity index is 449. The van der Waals surface area contributed by atoms with Crippen molar-refractivity contribution >= 4 is 11.4 Å². The summed E-state index contributed by atoms with van der Waals surface area (Å²) in [5.41, 5.74) is 1.23. The van der Waals surface area contributed by atoms with Gasteiger partial charge < -0.3 is 10.0 Å². The van der Waals surface area contributed by atoms with Gasteiger partial charge in [0.2, 0.25) is 0 Å². The van der Waals surface area contributed by atoms with Crippen LogP contribution in [0.25, 0.3) is 0 Å². The van der Waals surface area contributed by atoms with Crippen LogP contribution in [-0.2, 0) is 0 Å². The van der Waals surface area contributed by atoms with Crippen molar-refractivity contribution in [3.05, 3.63) is 33.4 Å². The molecule has 1 N–H and O–H groups in total. The Kier molecular flexibility index (Phi) is 4.61. The molecule has 1 unspecified atom stereocenters. The molecule has 0 radical (unpaired) electrons. The smallest absolute Gasteiger partial charge is 0.292 e. The molecule has 0 aliphatic carbocycles. The number of nitro benzene ring substituents is 1. The zero-order chi connectivity index (χ0) is 13.9. The van der Waals surface area contributed by atoms with Crippen molar-refractivity contribution in [1.82, 2.24) is 0 Å². The number of anilines is 1. The summed E-state index contributed by atoms with van der Waals surface area (Å²) in [6.07, 6.45) is -1.25. The van der Waals surface area contributed by atoms with Crippen LogP contribution in [-0.4, -0.2) is 30.2 Å². The van der Waals surface area contributed by atoms with Crippen LogP contribution in [0.1, 0.15) is 24.2 Å². The molecule has 100 valence electrons. The Morgan fingerprint density at radius 3 is 2.61 bits per heavy atom. The predicted octanol–water partition coefficient (Wildman–Crippen LogP) is 2.36. The molecule has 0 aromatic heterocycles. The Balaban J connectivity index is 3.33. The van der Waals surface area contributed by atoms with Crippen molar-refractivity contribution in [3.63, 3.8) is 0 Å². The summed E-state index contributed by atoms with van der Waals surface area (Å²) < 4.78 is 13.3. The second-order valence-corrected chi connectivity index (χ2v) is 4.22. The summed E-state index contributed by atoms with van der Waals surface area (Å²) in [5, 5.41) is 19.9. The molecule has 1 aromatic carbocycles. The number of aliphatic hydroxyl groups is 1. The molecular weight excluding hydrogens is 239 g/mol. The fourth-order valence-corrected chi connectivity index (χ4v) is 1.85. The van der Waals surface area contributed by atoms with Crippen LogP contribution in [0.2, 0.25) is 0 Å². The van der Waals surface area contributed by atoms with Crippen LogP contribution < -0.4 is 4.90 Å². The number of hydrogen-bond acceptors (Lipinski definition) is 4. The average Bonchev–Trinajstić information content (AvgIpc) is 2.27. The van der Waals surface area contributed by atoms with Crippen LogP contribution >= 0.6 is 0 Å². The van der Waals surface area contributed by atoms with E-state index in [4.69, 9.17) is 5.11 Å². The maximum Gasteiger partial charge on any atom is 0.292 e. The molecule has 5 nitrogen and oxygen atoms in total. The molecule has 0 aliphatic heterocycles.